The van der Waals surface area contributed by atoms with Gasteiger partial charge in [0.15, 0.2) is 0 Å². The summed E-state index contributed by atoms with van der Waals surface area (Å²) in [7, 11) is 1.72. The highest BCUT2D eigenvalue weighted by Gasteiger charge is 2.29. The lowest BCUT2D eigenvalue weighted by atomic mass is 9.90. The zero-order chi connectivity index (χ0) is 18.0. The van der Waals surface area contributed by atoms with Crippen LogP contribution >= 0.6 is 23.2 Å². The zero-order valence-corrected chi connectivity index (χ0v) is 15.2. The van der Waals surface area contributed by atoms with E-state index in [1.54, 1.807) is 13.1 Å². The number of aromatic nitrogens is 2. The Morgan fingerprint density at radius 2 is 2.24 bits per heavy atom. The van der Waals surface area contributed by atoms with Gasteiger partial charge in [0, 0.05) is 32.3 Å². The number of halogens is 2. The first-order valence-corrected chi connectivity index (χ1v) is 8.74. The summed E-state index contributed by atoms with van der Waals surface area (Å²) in [6.45, 7) is 2.00. The fourth-order valence-corrected chi connectivity index (χ4v) is 3.44. The van der Waals surface area contributed by atoms with Crippen LogP contribution in [0.2, 0.25) is 10.0 Å². The van der Waals surface area contributed by atoms with Crippen LogP contribution in [-0.4, -0.2) is 40.6 Å². The van der Waals surface area contributed by atoms with Gasteiger partial charge in [-0.15, -0.1) is 0 Å². The maximum Gasteiger partial charge on any atom is 0.339 e. The van der Waals surface area contributed by atoms with Gasteiger partial charge >= 0.3 is 5.97 Å². The molecule has 2 heterocycles. The van der Waals surface area contributed by atoms with E-state index in [2.05, 4.69) is 10.4 Å². The molecule has 1 aromatic heterocycles. The second-order valence-electron chi connectivity index (χ2n) is 6.10. The highest BCUT2D eigenvalue weighted by Crippen LogP contribution is 2.33. The third kappa shape index (κ3) is 4.15. The molecule has 6 nitrogen and oxygen atoms in total. The van der Waals surface area contributed by atoms with Gasteiger partial charge in [-0.05, 0) is 24.1 Å². The monoisotopic (exact) mass is 383 g/mol. The summed E-state index contributed by atoms with van der Waals surface area (Å²) in [6.07, 6.45) is 1.80. The first kappa shape index (κ1) is 18.2. The molecule has 2 atom stereocenters. The summed E-state index contributed by atoms with van der Waals surface area (Å²) in [6, 6.07) is 5.46. The van der Waals surface area contributed by atoms with E-state index in [9.17, 15) is 9.90 Å². The predicted molar refractivity (Wildman–Crippen MR) is 95.4 cm³/mol. The number of hydrogen-bond donors (Lipinski definition) is 2. The first-order chi connectivity index (χ1) is 12.0. The molecule has 0 unspecified atom stereocenters. The maximum atomic E-state index is 11.4. The molecule has 1 aromatic carbocycles. The summed E-state index contributed by atoms with van der Waals surface area (Å²) in [5, 5.41) is 18.0. The Kier molecular flexibility index (Phi) is 5.64. The smallest absolute Gasteiger partial charge is 0.339 e. The summed E-state index contributed by atoms with van der Waals surface area (Å²) in [5.74, 6) is -0.954. The van der Waals surface area contributed by atoms with Crippen molar-refractivity contribution < 1.29 is 14.6 Å². The topological polar surface area (TPSA) is 76.4 Å². The van der Waals surface area contributed by atoms with E-state index in [0.717, 1.165) is 12.1 Å². The van der Waals surface area contributed by atoms with Crippen LogP contribution in [0.25, 0.3) is 0 Å². The van der Waals surface area contributed by atoms with Crippen LogP contribution in [-0.2, 0) is 18.2 Å². The lowest BCUT2D eigenvalue weighted by molar-refractivity contribution is 0.0302. The van der Waals surface area contributed by atoms with E-state index < -0.39 is 5.97 Å². The molecular formula is C17H19Cl2N3O3. The number of aryl methyl sites for hydroxylation is 1. The summed E-state index contributed by atoms with van der Waals surface area (Å²) >= 11 is 12.2. The molecule has 0 amide bonds. The Balaban J connectivity index is 1.91. The van der Waals surface area contributed by atoms with Crippen LogP contribution in [0.4, 0.5) is 0 Å². The standard InChI is InChI=1S/C17H19Cl2N3O3/c1-22-9-12(17(23)24)15(21-22)7-11-8-20-4-5-25-16(11)10-2-3-13(18)14(19)6-10/h2-3,6,9,11,16,20H,4-5,7-8H2,1H3,(H,23,24)/t11-,16+/m1/s1. The molecule has 0 bridgehead atoms. The lowest BCUT2D eigenvalue weighted by Gasteiger charge is -2.25. The van der Waals surface area contributed by atoms with Gasteiger partial charge in [-0.25, -0.2) is 4.79 Å². The van der Waals surface area contributed by atoms with Gasteiger partial charge in [0.25, 0.3) is 0 Å². The van der Waals surface area contributed by atoms with Crippen LogP contribution in [0.15, 0.2) is 24.4 Å². The maximum absolute atomic E-state index is 11.4. The van der Waals surface area contributed by atoms with Crippen molar-refractivity contribution in [1.29, 1.82) is 0 Å². The van der Waals surface area contributed by atoms with Crippen molar-refractivity contribution in [3.63, 3.8) is 0 Å². The normalized spacial score (nSPS) is 21.1. The van der Waals surface area contributed by atoms with Crippen molar-refractivity contribution in [2.45, 2.75) is 12.5 Å². The van der Waals surface area contributed by atoms with E-state index >= 15 is 0 Å². The molecule has 0 saturated carbocycles. The number of rotatable bonds is 4. The zero-order valence-electron chi connectivity index (χ0n) is 13.7. The van der Waals surface area contributed by atoms with Crippen molar-refractivity contribution in [2.24, 2.45) is 13.0 Å². The van der Waals surface area contributed by atoms with E-state index in [1.807, 2.05) is 12.1 Å². The van der Waals surface area contributed by atoms with Crippen molar-refractivity contribution in [3.8, 4) is 0 Å². The Bertz CT molecular complexity index is 778. The molecule has 1 aliphatic heterocycles. The molecule has 25 heavy (non-hydrogen) atoms. The third-order valence-electron chi connectivity index (χ3n) is 4.27. The molecule has 3 rings (SSSR count). The van der Waals surface area contributed by atoms with Gasteiger partial charge in [0.1, 0.15) is 5.56 Å². The quantitative estimate of drug-likeness (QED) is 0.848. The molecule has 8 heteroatoms. The molecule has 0 radical (unpaired) electrons. The minimum absolute atomic E-state index is 0.0211. The number of carboxylic acid groups (broad SMARTS) is 1. The largest absolute Gasteiger partial charge is 0.478 e. The number of nitrogens with zero attached hydrogens (tertiary/aromatic N) is 2. The highest BCUT2D eigenvalue weighted by atomic mass is 35.5. The van der Waals surface area contributed by atoms with Crippen LogP contribution in [0.5, 0.6) is 0 Å². The molecular weight excluding hydrogens is 365 g/mol. The lowest BCUT2D eigenvalue weighted by Crippen LogP contribution is -2.27. The van der Waals surface area contributed by atoms with Crippen LogP contribution in [0.1, 0.15) is 27.7 Å². The van der Waals surface area contributed by atoms with Gasteiger partial charge in [-0.3, -0.25) is 4.68 Å². The van der Waals surface area contributed by atoms with Crippen LogP contribution < -0.4 is 5.32 Å². The first-order valence-electron chi connectivity index (χ1n) is 7.98. The Labute approximate surface area is 155 Å². The SMILES string of the molecule is Cn1cc(C(=O)O)c(C[C@@H]2CNCCO[C@H]2c2ccc(Cl)c(Cl)c2)n1. The summed E-state index contributed by atoms with van der Waals surface area (Å²) in [5.41, 5.74) is 1.70. The van der Waals surface area contributed by atoms with Gasteiger partial charge in [-0.1, -0.05) is 29.3 Å². The molecule has 1 aliphatic rings. The number of ether oxygens (including phenoxy) is 1. The second kappa shape index (κ2) is 7.74. The molecule has 0 aliphatic carbocycles. The highest BCUT2D eigenvalue weighted by molar-refractivity contribution is 6.42. The van der Waals surface area contributed by atoms with Crippen molar-refractivity contribution >= 4 is 29.2 Å². The van der Waals surface area contributed by atoms with E-state index in [1.165, 1.54) is 10.9 Å². The molecule has 134 valence electrons. The fraction of sp³-hybridized carbons (Fsp3) is 0.412. The molecule has 0 spiro atoms. The molecule has 1 fully saturated rings. The van der Waals surface area contributed by atoms with Gasteiger partial charge in [0.05, 0.1) is 28.5 Å². The van der Waals surface area contributed by atoms with Crippen LogP contribution in [0.3, 0.4) is 0 Å². The van der Waals surface area contributed by atoms with E-state index in [0.29, 0.717) is 35.3 Å². The fourth-order valence-electron chi connectivity index (χ4n) is 3.14. The Morgan fingerprint density at radius 1 is 1.44 bits per heavy atom. The average molecular weight is 384 g/mol. The van der Waals surface area contributed by atoms with Crippen molar-refractivity contribution in [3.05, 3.63) is 51.3 Å². The van der Waals surface area contributed by atoms with E-state index in [4.69, 9.17) is 27.9 Å². The number of carboxylic acids is 1. The summed E-state index contributed by atoms with van der Waals surface area (Å²) in [4.78, 5) is 11.4. The van der Waals surface area contributed by atoms with Gasteiger partial charge in [-0.2, -0.15) is 5.10 Å². The second-order valence-corrected chi connectivity index (χ2v) is 6.92. The number of nitrogens with one attached hydrogen (secondary N) is 1. The number of hydrogen-bond acceptors (Lipinski definition) is 4. The predicted octanol–water partition coefficient (Wildman–Crippen LogP) is 2.94. The minimum atomic E-state index is -0.975. The summed E-state index contributed by atoms with van der Waals surface area (Å²) < 4.78 is 7.56. The van der Waals surface area contributed by atoms with Gasteiger partial charge in [0.2, 0.25) is 0 Å². The molecule has 2 aromatic rings. The minimum Gasteiger partial charge on any atom is -0.478 e. The van der Waals surface area contributed by atoms with Gasteiger partial charge < -0.3 is 15.2 Å². The third-order valence-corrected chi connectivity index (χ3v) is 5.01. The number of benzene rings is 1. The van der Waals surface area contributed by atoms with Crippen LogP contribution in [0, 0.1) is 5.92 Å². The van der Waals surface area contributed by atoms with Crippen molar-refractivity contribution in [2.75, 3.05) is 19.7 Å². The average Bonchev–Trinajstić information content (AvgIpc) is 2.78. The number of aromatic carboxylic acids is 1. The Morgan fingerprint density at radius 3 is 2.96 bits per heavy atom. The molecule has 2 N–H and O–H groups in total. The van der Waals surface area contributed by atoms with E-state index in [-0.39, 0.29) is 17.6 Å². The molecule has 1 saturated heterocycles. The Hall–Kier alpha value is -1.60. The number of carbonyl (C=O) groups is 1. The van der Waals surface area contributed by atoms with Crippen molar-refractivity contribution in [1.82, 2.24) is 15.1 Å².